The molecule has 0 radical (unpaired) electrons. The standard InChI is InChI=1S/C12H9ClN2O2S2/c1-19(16,17)10-5-3-2-4-8(10)9-7-18-12-14-11(13)6-15(9)12/h2-7H,1H3. The van der Waals surface area contributed by atoms with Gasteiger partial charge in [-0.3, -0.25) is 4.40 Å². The predicted molar refractivity (Wildman–Crippen MR) is 76.6 cm³/mol. The molecule has 0 spiro atoms. The van der Waals surface area contributed by atoms with Gasteiger partial charge in [0.25, 0.3) is 0 Å². The quantitative estimate of drug-likeness (QED) is 0.730. The number of benzene rings is 1. The van der Waals surface area contributed by atoms with Crippen molar-refractivity contribution in [2.75, 3.05) is 6.26 Å². The monoisotopic (exact) mass is 312 g/mol. The Labute approximate surface area is 119 Å². The zero-order valence-electron chi connectivity index (χ0n) is 9.87. The van der Waals surface area contributed by atoms with Crippen LogP contribution in [0.1, 0.15) is 0 Å². The molecule has 0 fully saturated rings. The maximum Gasteiger partial charge on any atom is 0.195 e. The average Bonchev–Trinajstić information content (AvgIpc) is 2.86. The maximum atomic E-state index is 11.8. The number of imidazole rings is 1. The molecule has 0 atom stereocenters. The van der Waals surface area contributed by atoms with E-state index in [1.807, 2.05) is 11.4 Å². The van der Waals surface area contributed by atoms with Crippen molar-refractivity contribution in [3.05, 3.63) is 41.0 Å². The number of hydrogen-bond donors (Lipinski definition) is 0. The first-order valence-electron chi connectivity index (χ1n) is 5.38. The molecule has 0 N–H and O–H groups in total. The van der Waals surface area contributed by atoms with Gasteiger partial charge in [0.1, 0.15) is 5.15 Å². The van der Waals surface area contributed by atoms with Gasteiger partial charge < -0.3 is 0 Å². The number of sulfone groups is 1. The highest BCUT2D eigenvalue weighted by Gasteiger charge is 2.17. The van der Waals surface area contributed by atoms with Crippen molar-refractivity contribution in [2.24, 2.45) is 0 Å². The molecule has 0 aliphatic carbocycles. The number of rotatable bonds is 2. The Hall–Kier alpha value is -1.37. The normalized spacial score (nSPS) is 12.1. The predicted octanol–water partition coefficient (Wildman–Crippen LogP) is 3.12. The number of hydrogen-bond acceptors (Lipinski definition) is 4. The molecular formula is C12H9ClN2O2S2. The second kappa shape index (κ2) is 4.33. The number of thiazole rings is 1. The Morgan fingerprint density at radius 1 is 1.32 bits per heavy atom. The Kier molecular flexibility index (Phi) is 2.88. The summed E-state index contributed by atoms with van der Waals surface area (Å²) in [5, 5.41) is 2.27. The Bertz CT molecular complexity index is 865. The minimum absolute atomic E-state index is 0.305. The molecule has 19 heavy (non-hydrogen) atoms. The third-order valence-electron chi connectivity index (χ3n) is 2.74. The molecule has 3 aromatic rings. The van der Waals surface area contributed by atoms with Crippen molar-refractivity contribution in [3.8, 4) is 11.3 Å². The van der Waals surface area contributed by atoms with Crippen molar-refractivity contribution in [2.45, 2.75) is 4.90 Å². The van der Waals surface area contributed by atoms with Crippen LogP contribution in [0.2, 0.25) is 5.15 Å². The molecule has 0 unspecified atom stereocenters. The molecule has 0 saturated heterocycles. The fourth-order valence-electron chi connectivity index (χ4n) is 1.95. The Morgan fingerprint density at radius 2 is 2.05 bits per heavy atom. The van der Waals surface area contributed by atoms with Crippen LogP contribution in [0.15, 0.2) is 40.7 Å². The highest BCUT2D eigenvalue weighted by Crippen LogP contribution is 2.31. The van der Waals surface area contributed by atoms with E-state index in [0.29, 0.717) is 15.6 Å². The molecule has 0 bridgehead atoms. The van der Waals surface area contributed by atoms with Crippen LogP contribution in [-0.2, 0) is 9.84 Å². The van der Waals surface area contributed by atoms with Crippen LogP contribution in [0.3, 0.4) is 0 Å². The van der Waals surface area contributed by atoms with E-state index in [2.05, 4.69) is 4.98 Å². The fourth-order valence-corrected chi connectivity index (χ4v) is 3.95. The summed E-state index contributed by atoms with van der Waals surface area (Å²) in [6, 6.07) is 6.91. The van der Waals surface area contributed by atoms with Gasteiger partial charge in [0, 0.05) is 23.4 Å². The van der Waals surface area contributed by atoms with Gasteiger partial charge in [0.05, 0.1) is 10.6 Å². The topological polar surface area (TPSA) is 51.4 Å². The summed E-state index contributed by atoms with van der Waals surface area (Å²) in [6.07, 6.45) is 2.89. The summed E-state index contributed by atoms with van der Waals surface area (Å²) in [6.45, 7) is 0. The highest BCUT2D eigenvalue weighted by molar-refractivity contribution is 7.90. The van der Waals surface area contributed by atoms with Gasteiger partial charge in [-0.2, -0.15) is 0 Å². The third-order valence-corrected chi connectivity index (χ3v) is 4.92. The summed E-state index contributed by atoms with van der Waals surface area (Å²) in [4.78, 5) is 5.19. The summed E-state index contributed by atoms with van der Waals surface area (Å²) < 4.78 is 25.5. The molecule has 98 valence electrons. The summed E-state index contributed by atoms with van der Waals surface area (Å²) in [5.74, 6) is 0. The Balaban J connectivity index is 2.33. The van der Waals surface area contributed by atoms with E-state index >= 15 is 0 Å². The highest BCUT2D eigenvalue weighted by atomic mass is 35.5. The van der Waals surface area contributed by atoms with Crippen LogP contribution in [0.4, 0.5) is 0 Å². The van der Waals surface area contributed by atoms with Crippen molar-refractivity contribution in [3.63, 3.8) is 0 Å². The lowest BCUT2D eigenvalue weighted by atomic mass is 10.2. The fraction of sp³-hybridized carbons (Fsp3) is 0.0833. The van der Waals surface area contributed by atoms with E-state index in [1.165, 1.54) is 17.6 Å². The molecule has 0 saturated carbocycles. The van der Waals surface area contributed by atoms with Gasteiger partial charge in [0.2, 0.25) is 0 Å². The van der Waals surface area contributed by atoms with Crippen molar-refractivity contribution < 1.29 is 8.42 Å². The number of fused-ring (bicyclic) bond motifs is 1. The van der Waals surface area contributed by atoms with Gasteiger partial charge >= 0.3 is 0 Å². The molecule has 4 nitrogen and oxygen atoms in total. The lowest BCUT2D eigenvalue weighted by molar-refractivity contribution is 0.602. The summed E-state index contributed by atoms with van der Waals surface area (Å²) >= 11 is 7.29. The molecule has 2 aromatic heterocycles. The number of nitrogens with zero attached hydrogens (tertiary/aromatic N) is 2. The average molecular weight is 313 g/mol. The molecule has 0 amide bonds. The van der Waals surface area contributed by atoms with Crippen LogP contribution >= 0.6 is 22.9 Å². The first-order valence-corrected chi connectivity index (χ1v) is 8.53. The third kappa shape index (κ3) is 2.16. The van der Waals surface area contributed by atoms with E-state index in [4.69, 9.17) is 11.6 Å². The number of halogens is 1. The SMILES string of the molecule is CS(=O)(=O)c1ccccc1-c1csc2nc(Cl)cn12. The first-order chi connectivity index (χ1) is 8.97. The van der Waals surface area contributed by atoms with Gasteiger partial charge in [-0.25, -0.2) is 13.4 Å². The van der Waals surface area contributed by atoms with Crippen LogP contribution in [0.25, 0.3) is 16.2 Å². The zero-order valence-corrected chi connectivity index (χ0v) is 12.3. The van der Waals surface area contributed by atoms with Gasteiger partial charge in [-0.1, -0.05) is 29.8 Å². The summed E-state index contributed by atoms with van der Waals surface area (Å²) in [7, 11) is -3.28. The van der Waals surface area contributed by atoms with Gasteiger partial charge in [0.15, 0.2) is 14.8 Å². The molecule has 0 aliphatic rings. The molecule has 2 heterocycles. The smallest absolute Gasteiger partial charge is 0.195 e. The first kappa shape index (κ1) is 12.7. The van der Waals surface area contributed by atoms with E-state index in [9.17, 15) is 8.42 Å². The molecule has 7 heteroatoms. The zero-order chi connectivity index (χ0) is 13.6. The van der Waals surface area contributed by atoms with Gasteiger partial charge in [-0.05, 0) is 6.07 Å². The van der Waals surface area contributed by atoms with Crippen LogP contribution in [0.5, 0.6) is 0 Å². The lowest BCUT2D eigenvalue weighted by Crippen LogP contribution is -2.00. The van der Waals surface area contributed by atoms with Crippen LogP contribution in [-0.4, -0.2) is 24.1 Å². The van der Waals surface area contributed by atoms with E-state index < -0.39 is 9.84 Å². The molecule has 1 aromatic carbocycles. The van der Waals surface area contributed by atoms with Gasteiger partial charge in [-0.15, -0.1) is 11.3 Å². The second-order valence-corrected chi connectivity index (χ2v) is 7.31. The molecule has 0 aliphatic heterocycles. The minimum Gasteiger partial charge on any atom is -0.289 e. The minimum atomic E-state index is -3.28. The lowest BCUT2D eigenvalue weighted by Gasteiger charge is -2.06. The van der Waals surface area contributed by atoms with Crippen molar-refractivity contribution >= 4 is 37.7 Å². The Morgan fingerprint density at radius 3 is 2.79 bits per heavy atom. The van der Waals surface area contributed by atoms with E-state index in [1.54, 1.807) is 28.8 Å². The van der Waals surface area contributed by atoms with Crippen LogP contribution in [0, 0.1) is 0 Å². The van der Waals surface area contributed by atoms with E-state index in [0.717, 1.165) is 10.7 Å². The van der Waals surface area contributed by atoms with E-state index in [-0.39, 0.29) is 0 Å². The largest absolute Gasteiger partial charge is 0.289 e. The summed E-state index contributed by atoms with van der Waals surface area (Å²) in [5.41, 5.74) is 1.44. The van der Waals surface area contributed by atoms with Crippen LogP contribution < -0.4 is 0 Å². The molecular weight excluding hydrogens is 304 g/mol. The number of aromatic nitrogens is 2. The van der Waals surface area contributed by atoms with Crippen molar-refractivity contribution in [1.82, 2.24) is 9.38 Å². The second-order valence-electron chi connectivity index (χ2n) is 4.11. The molecule has 3 rings (SSSR count). The van der Waals surface area contributed by atoms with Crippen molar-refractivity contribution in [1.29, 1.82) is 0 Å². The maximum absolute atomic E-state index is 11.8.